The smallest absolute Gasteiger partial charge is 0.255 e. The summed E-state index contributed by atoms with van der Waals surface area (Å²) in [6.45, 7) is 1.61. The van der Waals surface area contributed by atoms with Crippen LogP contribution in [0.3, 0.4) is 0 Å². The number of carbonyl (C=O) groups excluding carboxylic acids is 1. The summed E-state index contributed by atoms with van der Waals surface area (Å²) in [5, 5.41) is 3.11. The Morgan fingerprint density at radius 1 is 1.32 bits per heavy atom. The molecule has 0 saturated heterocycles. The molecule has 0 unspecified atom stereocenters. The van der Waals surface area contributed by atoms with Gasteiger partial charge in [-0.05, 0) is 53.2 Å². The third-order valence-electron chi connectivity index (χ3n) is 2.70. The van der Waals surface area contributed by atoms with Gasteiger partial charge in [0.1, 0.15) is 5.82 Å². The molecular weight excluding hydrogens is 333 g/mol. The Hall–Kier alpha value is -1.39. The van der Waals surface area contributed by atoms with Crippen LogP contribution in [0.5, 0.6) is 0 Å². The zero-order valence-corrected chi connectivity index (χ0v) is 12.3. The van der Waals surface area contributed by atoms with Gasteiger partial charge in [0.2, 0.25) is 0 Å². The largest absolute Gasteiger partial charge is 0.322 e. The molecule has 1 amide bonds. The van der Waals surface area contributed by atoms with E-state index in [1.165, 1.54) is 6.07 Å². The molecule has 0 radical (unpaired) electrons. The molecule has 0 bridgehead atoms. The van der Waals surface area contributed by atoms with Crippen LogP contribution in [-0.2, 0) is 0 Å². The fourth-order valence-corrected chi connectivity index (χ4v) is 2.00. The van der Waals surface area contributed by atoms with E-state index in [0.717, 1.165) is 0 Å². The lowest BCUT2D eigenvalue weighted by Gasteiger charge is -2.09. The average molecular weight is 343 g/mol. The van der Waals surface area contributed by atoms with E-state index in [1.807, 2.05) is 0 Å². The number of carbonyl (C=O) groups is 1. The molecule has 19 heavy (non-hydrogen) atoms. The highest BCUT2D eigenvalue weighted by molar-refractivity contribution is 9.10. The van der Waals surface area contributed by atoms with Crippen LogP contribution >= 0.6 is 27.5 Å². The highest BCUT2D eigenvalue weighted by atomic mass is 79.9. The fraction of sp³-hybridized carbons (Fsp3) is 0.0714. The van der Waals surface area contributed by atoms with Crippen LogP contribution in [0.1, 0.15) is 15.9 Å². The number of hydrogen-bond acceptors (Lipinski definition) is 1. The van der Waals surface area contributed by atoms with Crippen molar-refractivity contribution >= 4 is 39.1 Å². The molecule has 0 aliphatic carbocycles. The molecule has 2 aromatic carbocycles. The highest BCUT2D eigenvalue weighted by Gasteiger charge is 2.10. The maximum atomic E-state index is 13.4. The average Bonchev–Trinajstić information content (AvgIpc) is 2.38. The van der Waals surface area contributed by atoms with Gasteiger partial charge in [-0.3, -0.25) is 4.79 Å². The summed E-state index contributed by atoms with van der Waals surface area (Å²) >= 11 is 9.18. The van der Waals surface area contributed by atoms with Crippen molar-refractivity contribution in [2.24, 2.45) is 0 Å². The first kappa shape index (κ1) is 14.0. The predicted octanol–water partition coefficient (Wildman–Crippen LogP) is 4.80. The summed E-state index contributed by atoms with van der Waals surface area (Å²) in [5.41, 5.74) is 1.26. The van der Waals surface area contributed by atoms with E-state index in [0.29, 0.717) is 26.3 Å². The molecule has 0 aromatic heterocycles. The van der Waals surface area contributed by atoms with Crippen molar-refractivity contribution in [1.29, 1.82) is 0 Å². The van der Waals surface area contributed by atoms with E-state index < -0.39 is 0 Å². The van der Waals surface area contributed by atoms with E-state index in [4.69, 9.17) is 11.6 Å². The van der Waals surface area contributed by atoms with Crippen molar-refractivity contribution in [3.63, 3.8) is 0 Å². The minimum absolute atomic E-state index is 0.330. The second kappa shape index (κ2) is 5.72. The van der Waals surface area contributed by atoms with E-state index in [9.17, 15) is 9.18 Å². The standard InChI is InChI=1S/C14H10BrClFNO/c1-8-12(17)3-2-4-13(8)18-14(19)9-5-6-10(15)11(16)7-9/h2-7H,1H3,(H,18,19). The Morgan fingerprint density at radius 2 is 2.05 bits per heavy atom. The van der Waals surface area contributed by atoms with Crippen molar-refractivity contribution in [2.75, 3.05) is 5.32 Å². The Balaban J connectivity index is 2.26. The van der Waals surface area contributed by atoms with Gasteiger partial charge in [-0.2, -0.15) is 0 Å². The van der Waals surface area contributed by atoms with E-state index in [-0.39, 0.29) is 11.7 Å². The van der Waals surface area contributed by atoms with Crippen molar-refractivity contribution < 1.29 is 9.18 Å². The minimum atomic E-state index is -0.355. The molecule has 2 aromatic rings. The number of halogens is 3. The van der Waals surface area contributed by atoms with Crippen LogP contribution in [0.2, 0.25) is 5.02 Å². The topological polar surface area (TPSA) is 29.1 Å². The molecule has 5 heteroatoms. The summed E-state index contributed by atoms with van der Waals surface area (Å²) in [6, 6.07) is 9.43. The van der Waals surface area contributed by atoms with Gasteiger partial charge in [0.15, 0.2) is 0 Å². The minimum Gasteiger partial charge on any atom is -0.322 e. The van der Waals surface area contributed by atoms with Gasteiger partial charge in [-0.1, -0.05) is 17.7 Å². The molecule has 0 aliphatic rings. The highest BCUT2D eigenvalue weighted by Crippen LogP contribution is 2.24. The Labute approximate surface area is 123 Å². The summed E-state index contributed by atoms with van der Waals surface area (Å²) in [5.74, 6) is -0.685. The zero-order chi connectivity index (χ0) is 14.0. The van der Waals surface area contributed by atoms with Gasteiger partial charge in [0.25, 0.3) is 5.91 Å². The third-order valence-corrected chi connectivity index (χ3v) is 3.93. The van der Waals surface area contributed by atoms with Crippen LogP contribution in [0, 0.1) is 12.7 Å². The van der Waals surface area contributed by atoms with Crippen LogP contribution in [0.4, 0.5) is 10.1 Å². The second-order valence-corrected chi connectivity index (χ2v) is 5.26. The molecule has 1 N–H and O–H groups in total. The first-order chi connectivity index (χ1) is 8.99. The molecule has 98 valence electrons. The normalized spacial score (nSPS) is 10.3. The van der Waals surface area contributed by atoms with Crippen LogP contribution in [0.15, 0.2) is 40.9 Å². The van der Waals surface area contributed by atoms with E-state index in [1.54, 1.807) is 37.3 Å². The van der Waals surface area contributed by atoms with Gasteiger partial charge in [-0.15, -0.1) is 0 Å². The van der Waals surface area contributed by atoms with Crippen molar-refractivity contribution in [3.8, 4) is 0 Å². The molecule has 0 fully saturated rings. The first-order valence-corrected chi connectivity index (χ1v) is 6.67. The van der Waals surface area contributed by atoms with Gasteiger partial charge < -0.3 is 5.32 Å². The van der Waals surface area contributed by atoms with Crippen LogP contribution < -0.4 is 5.32 Å². The van der Waals surface area contributed by atoms with Gasteiger partial charge in [0, 0.05) is 21.3 Å². The molecule has 0 spiro atoms. The fourth-order valence-electron chi connectivity index (χ4n) is 1.57. The molecule has 0 saturated carbocycles. The lowest BCUT2D eigenvalue weighted by molar-refractivity contribution is 0.102. The molecule has 0 heterocycles. The number of hydrogen-bond donors (Lipinski definition) is 1. The summed E-state index contributed by atoms with van der Waals surface area (Å²) in [6.07, 6.45) is 0. The molecule has 2 nitrogen and oxygen atoms in total. The molecular formula is C14H10BrClFNO. The number of rotatable bonds is 2. The summed E-state index contributed by atoms with van der Waals surface area (Å²) in [7, 11) is 0. The van der Waals surface area contributed by atoms with Gasteiger partial charge >= 0.3 is 0 Å². The number of anilines is 1. The first-order valence-electron chi connectivity index (χ1n) is 5.50. The quantitative estimate of drug-likeness (QED) is 0.834. The van der Waals surface area contributed by atoms with Crippen molar-refractivity contribution in [3.05, 3.63) is 62.8 Å². The Morgan fingerprint density at radius 3 is 2.74 bits per heavy atom. The molecule has 0 atom stereocenters. The van der Waals surface area contributed by atoms with E-state index in [2.05, 4.69) is 21.2 Å². The van der Waals surface area contributed by atoms with E-state index >= 15 is 0 Å². The Kier molecular flexibility index (Phi) is 4.22. The number of nitrogens with one attached hydrogen (secondary N) is 1. The Bertz CT molecular complexity index is 645. The number of amides is 1. The SMILES string of the molecule is Cc1c(F)cccc1NC(=O)c1ccc(Br)c(Cl)c1. The maximum absolute atomic E-state index is 13.4. The third kappa shape index (κ3) is 3.14. The van der Waals surface area contributed by atoms with Gasteiger partial charge in [0.05, 0.1) is 5.02 Å². The predicted molar refractivity (Wildman–Crippen MR) is 78.2 cm³/mol. The van der Waals surface area contributed by atoms with Gasteiger partial charge in [-0.25, -0.2) is 4.39 Å². The number of benzene rings is 2. The molecule has 2 rings (SSSR count). The summed E-state index contributed by atoms with van der Waals surface area (Å²) in [4.78, 5) is 12.0. The monoisotopic (exact) mass is 341 g/mol. The van der Waals surface area contributed by atoms with Crippen molar-refractivity contribution in [2.45, 2.75) is 6.92 Å². The zero-order valence-electron chi connectivity index (χ0n) is 10.0. The lowest BCUT2D eigenvalue weighted by Crippen LogP contribution is -2.13. The van der Waals surface area contributed by atoms with Crippen molar-refractivity contribution in [1.82, 2.24) is 0 Å². The molecule has 0 aliphatic heterocycles. The van der Waals surface area contributed by atoms with Crippen LogP contribution in [-0.4, -0.2) is 5.91 Å². The summed E-state index contributed by atoms with van der Waals surface area (Å²) < 4.78 is 14.1. The second-order valence-electron chi connectivity index (χ2n) is 4.00. The lowest BCUT2D eigenvalue weighted by atomic mass is 10.1. The maximum Gasteiger partial charge on any atom is 0.255 e. The van der Waals surface area contributed by atoms with Crippen LogP contribution in [0.25, 0.3) is 0 Å².